The Bertz CT molecular complexity index is 721. The van der Waals surface area contributed by atoms with Gasteiger partial charge >= 0.3 is 0 Å². The molecule has 0 radical (unpaired) electrons. The molecule has 1 amide bonds. The second-order valence-electron chi connectivity index (χ2n) is 5.81. The molecule has 0 atom stereocenters. The molecule has 1 aromatic heterocycles. The lowest BCUT2D eigenvalue weighted by Crippen LogP contribution is -2.32. The Kier molecular flexibility index (Phi) is 4.41. The largest absolute Gasteiger partial charge is 0.348 e. The summed E-state index contributed by atoms with van der Waals surface area (Å²) in [7, 11) is 0. The third kappa shape index (κ3) is 3.25. The maximum Gasteiger partial charge on any atom is 0.272 e. The molecule has 1 aromatic carbocycles. The summed E-state index contributed by atoms with van der Waals surface area (Å²) in [5, 5.41) is 7.27. The van der Waals surface area contributed by atoms with Crippen molar-refractivity contribution < 1.29 is 13.6 Å². The summed E-state index contributed by atoms with van der Waals surface area (Å²) < 4.78 is 28.2. The van der Waals surface area contributed by atoms with Gasteiger partial charge in [0.05, 0.1) is 5.69 Å². The van der Waals surface area contributed by atoms with Gasteiger partial charge in [-0.05, 0) is 44.0 Å². The quantitative estimate of drug-likeness (QED) is 0.937. The molecule has 1 heterocycles. The molecule has 1 aliphatic rings. The minimum atomic E-state index is -0.914. The number of aryl methyl sites for hydroxylation is 1. The maximum absolute atomic E-state index is 13.5. The van der Waals surface area contributed by atoms with Crippen molar-refractivity contribution in [3.8, 4) is 11.3 Å². The van der Waals surface area contributed by atoms with E-state index >= 15 is 0 Å². The average Bonchev–Trinajstić information content (AvgIpc) is 3.19. The molecule has 1 N–H and O–H groups in total. The molecule has 2 aromatic rings. The summed E-state index contributed by atoms with van der Waals surface area (Å²) in [5.74, 6) is -2.02. The topological polar surface area (TPSA) is 46.9 Å². The number of aromatic nitrogens is 2. The third-order valence-corrected chi connectivity index (χ3v) is 4.22. The van der Waals surface area contributed by atoms with Crippen molar-refractivity contribution in [3.63, 3.8) is 0 Å². The van der Waals surface area contributed by atoms with E-state index < -0.39 is 11.6 Å². The van der Waals surface area contributed by atoms with Gasteiger partial charge in [-0.25, -0.2) is 8.78 Å². The number of hydrogen-bond donors (Lipinski definition) is 1. The third-order valence-electron chi connectivity index (χ3n) is 4.22. The summed E-state index contributed by atoms with van der Waals surface area (Å²) >= 11 is 0. The van der Waals surface area contributed by atoms with Crippen molar-refractivity contribution in [2.75, 3.05) is 0 Å². The first kappa shape index (κ1) is 15.6. The van der Waals surface area contributed by atoms with Gasteiger partial charge in [-0.2, -0.15) is 5.10 Å². The van der Waals surface area contributed by atoms with Crippen molar-refractivity contribution in [1.29, 1.82) is 0 Å². The van der Waals surface area contributed by atoms with Crippen LogP contribution in [0.15, 0.2) is 24.3 Å². The van der Waals surface area contributed by atoms with Crippen LogP contribution in [0.25, 0.3) is 11.3 Å². The molecule has 1 aliphatic carbocycles. The summed E-state index contributed by atoms with van der Waals surface area (Å²) in [6.07, 6.45) is 4.26. The van der Waals surface area contributed by atoms with Gasteiger partial charge in [0.15, 0.2) is 17.3 Å². The van der Waals surface area contributed by atoms with E-state index in [1.807, 2.05) is 6.92 Å². The lowest BCUT2D eigenvalue weighted by molar-refractivity contribution is 0.0932. The van der Waals surface area contributed by atoms with Crippen molar-refractivity contribution in [2.45, 2.75) is 45.2 Å². The van der Waals surface area contributed by atoms with Crippen LogP contribution in [0, 0.1) is 11.6 Å². The summed E-state index contributed by atoms with van der Waals surface area (Å²) in [4.78, 5) is 12.3. The van der Waals surface area contributed by atoms with Crippen molar-refractivity contribution >= 4 is 5.91 Å². The fourth-order valence-electron chi connectivity index (χ4n) is 2.99. The van der Waals surface area contributed by atoms with E-state index in [0.717, 1.165) is 37.8 Å². The first-order valence-corrected chi connectivity index (χ1v) is 7.92. The molecule has 0 unspecified atom stereocenters. The zero-order valence-electron chi connectivity index (χ0n) is 13.0. The van der Waals surface area contributed by atoms with Crippen LogP contribution in [0.3, 0.4) is 0 Å². The molecule has 6 heteroatoms. The van der Waals surface area contributed by atoms with Gasteiger partial charge in [0.1, 0.15) is 0 Å². The van der Waals surface area contributed by atoms with Crippen LogP contribution in [-0.4, -0.2) is 21.7 Å². The lowest BCUT2D eigenvalue weighted by Gasteiger charge is -2.09. The minimum Gasteiger partial charge on any atom is -0.348 e. The molecule has 0 aliphatic heterocycles. The van der Waals surface area contributed by atoms with Crippen molar-refractivity contribution in [3.05, 3.63) is 41.6 Å². The van der Waals surface area contributed by atoms with E-state index in [2.05, 4.69) is 10.4 Å². The van der Waals surface area contributed by atoms with Crippen LogP contribution >= 0.6 is 0 Å². The highest BCUT2D eigenvalue weighted by molar-refractivity contribution is 5.93. The van der Waals surface area contributed by atoms with E-state index in [1.165, 1.54) is 6.07 Å². The number of carbonyl (C=O) groups is 1. The molecule has 23 heavy (non-hydrogen) atoms. The molecule has 3 rings (SSSR count). The Morgan fingerprint density at radius 2 is 2.00 bits per heavy atom. The van der Waals surface area contributed by atoms with Gasteiger partial charge in [-0.3, -0.25) is 9.48 Å². The van der Waals surface area contributed by atoms with E-state index in [9.17, 15) is 13.6 Å². The highest BCUT2D eigenvalue weighted by Crippen LogP contribution is 2.23. The Morgan fingerprint density at radius 3 is 2.65 bits per heavy atom. The SMILES string of the molecule is CCn1nc(C(=O)NC2CCCC2)cc1-c1ccc(F)c(F)c1. The van der Waals surface area contributed by atoms with Gasteiger partial charge < -0.3 is 5.32 Å². The monoisotopic (exact) mass is 319 g/mol. The lowest BCUT2D eigenvalue weighted by atomic mass is 10.1. The number of carbonyl (C=O) groups excluding carboxylic acids is 1. The van der Waals surface area contributed by atoms with Crippen LogP contribution < -0.4 is 5.32 Å². The molecule has 0 spiro atoms. The van der Waals surface area contributed by atoms with Gasteiger partial charge in [-0.15, -0.1) is 0 Å². The molecular formula is C17H19F2N3O. The fourth-order valence-corrected chi connectivity index (χ4v) is 2.99. The van der Waals surface area contributed by atoms with Crippen molar-refractivity contribution in [1.82, 2.24) is 15.1 Å². The van der Waals surface area contributed by atoms with Gasteiger partial charge in [-0.1, -0.05) is 12.8 Å². The summed E-state index contributed by atoms with van der Waals surface area (Å²) in [6.45, 7) is 2.42. The van der Waals surface area contributed by atoms with Crippen LogP contribution in [0.5, 0.6) is 0 Å². The predicted molar refractivity (Wildman–Crippen MR) is 83.0 cm³/mol. The summed E-state index contributed by atoms with van der Waals surface area (Å²) in [6, 6.07) is 5.52. The zero-order chi connectivity index (χ0) is 16.4. The number of rotatable bonds is 4. The number of amides is 1. The molecular weight excluding hydrogens is 300 g/mol. The van der Waals surface area contributed by atoms with Crippen molar-refractivity contribution in [2.24, 2.45) is 0 Å². The van der Waals surface area contributed by atoms with E-state index in [-0.39, 0.29) is 11.9 Å². The predicted octanol–water partition coefficient (Wildman–Crippen LogP) is 3.52. The highest BCUT2D eigenvalue weighted by Gasteiger charge is 2.21. The van der Waals surface area contributed by atoms with Crippen LogP contribution in [-0.2, 0) is 6.54 Å². The second-order valence-corrected chi connectivity index (χ2v) is 5.81. The smallest absolute Gasteiger partial charge is 0.272 e. The molecule has 0 saturated heterocycles. The van der Waals surface area contributed by atoms with E-state index in [1.54, 1.807) is 10.7 Å². The number of benzene rings is 1. The second kappa shape index (κ2) is 6.48. The normalized spacial score (nSPS) is 15.1. The molecule has 4 nitrogen and oxygen atoms in total. The number of halogens is 2. The highest BCUT2D eigenvalue weighted by atomic mass is 19.2. The summed E-state index contributed by atoms with van der Waals surface area (Å²) in [5.41, 5.74) is 1.40. The standard InChI is InChI=1S/C17H19F2N3O/c1-2-22-16(11-7-8-13(18)14(19)9-11)10-15(21-22)17(23)20-12-5-3-4-6-12/h7-10,12H,2-6H2,1H3,(H,20,23). The van der Waals surface area contributed by atoms with Crippen LogP contribution in [0.2, 0.25) is 0 Å². The fraction of sp³-hybridized carbons (Fsp3) is 0.412. The van der Waals surface area contributed by atoms with Gasteiger partial charge in [0.2, 0.25) is 0 Å². The number of nitrogens with zero attached hydrogens (tertiary/aromatic N) is 2. The van der Waals surface area contributed by atoms with Gasteiger partial charge in [0.25, 0.3) is 5.91 Å². The Hall–Kier alpha value is -2.24. The Balaban J connectivity index is 1.87. The van der Waals surface area contributed by atoms with E-state index in [4.69, 9.17) is 0 Å². The minimum absolute atomic E-state index is 0.209. The first-order valence-electron chi connectivity index (χ1n) is 7.92. The zero-order valence-corrected chi connectivity index (χ0v) is 13.0. The van der Waals surface area contributed by atoms with E-state index in [0.29, 0.717) is 23.5 Å². The molecule has 122 valence electrons. The average molecular weight is 319 g/mol. The molecule has 0 bridgehead atoms. The molecule has 1 saturated carbocycles. The Morgan fingerprint density at radius 1 is 1.26 bits per heavy atom. The van der Waals surface area contributed by atoms with Gasteiger partial charge in [0, 0.05) is 18.2 Å². The number of nitrogens with one attached hydrogen (secondary N) is 1. The Labute approximate surface area is 133 Å². The number of hydrogen-bond acceptors (Lipinski definition) is 2. The van der Waals surface area contributed by atoms with Crippen LogP contribution in [0.4, 0.5) is 8.78 Å². The molecule has 1 fully saturated rings. The van der Waals surface area contributed by atoms with Crippen LogP contribution in [0.1, 0.15) is 43.1 Å². The first-order chi connectivity index (χ1) is 11.1. The maximum atomic E-state index is 13.5.